The van der Waals surface area contributed by atoms with Crippen LogP contribution in [0, 0.1) is 5.82 Å². The lowest BCUT2D eigenvalue weighted by Gasteiger charge is -2.42. The van der Waals surface area contributed by atoms with Crippen LogP contribution < -0.4 is 4.74 Å². The van der Waals surface area contributed by atoms with Gasteiger partial charge in [-0.1, -0.05) is 6.07 Å². The van der Waals surface area contributed by atoms with Crippen molar-refractivity contribution in [3.05, 3.63) is 29.6 Å². The average Bonchev–Trinajstić information content (AvgIpc) is 2.80. The normalized spacial score (nSPS) is 14.8. The molecule has 0 aliphatic carbocycles. The minimum absolute atomic E-state index is 0.0136. The van der Waals surface area contributed by atoms with E-state index >= 15 is 0 Å². The van der Waals surface area contributed by atoms with Gasteiger partial charge < -0.3 is 28.9 Å². The molecule has 40 heavy (non-hydrogen) atoms. The molecule has 1 fully saturated rings. The van der Waals surface area contributed by atoms with Crippen molar-refractivity contribution in [3.63, 3.8) is 0 Å². The molecule has 0 unspecified atom stereocenters. The topological polar surface area (TPSA) is 104 Å². The van der Waals surface area contributed by atoms with Gasteiger partial charge in [0.1, 0.15) is 11.2 Å². The molecule has 1 saturated heterocycles. The molecule has 0 atom stereocenters. The summed E-state index contributed by atoms with van der Waals surface area (Å²) in [5.41, 5.74) is -1.11. The summed E-state index contributed by atoms with van der Waals surface area (Å²) in [5, 5.41) is 0. The van der Waals surface area contributed by atoms with Crippen molar-refractivity contribution in [2.24, 2.45) is 4.99 Å². The summed E-state index contributed by atoms with van der Waals surface area (Å²) in [5.74, 6) is -0.0916. The van der Waals surface area contributed by atoms with Gasteiger partial charge in [-0.25, -0.2) is 23.7 Å². The highest BCUT2D eigenvalue weighted by Gasteiger charge is 2.35. The zero-order valence-corrected chi connectivity index (χ0v) is 25.4. The van der Waals surface area contributed by atoms with E-state index in [1.54, 1.807) is 66.6 Å². The van der Waals surface area contributed by atoms with Crippen LogP contribution in [-0.4, -0.2) is 101 Å². The maximum atomic E-state index is 14.7. The summed E-state index contributed by atoms with van der Waals surface area (Å²) in [6.07, 6.45) is -0.898. The van der Waals surface area contributed by atoms with Crippen LogP contribution >= 0.6 is 11.6 Å². The zero-order chi connectivity index (χ0) is 30.3. The Bertz CT molecular complexity index is 1070. The van der Waals surface area contributed by atoms with Crippen LogP contribution in [0.2, 0.25) is 0 Å². The number of carbonyl (C=O) groups excluding carboxylic acids is 3. The molecule has 224 valence electrons. The summed E-state index contributed by atoms with van der Waals surface area (Å²) >= 11 is 5.66. The van der Waals surface area contributed by atoms with Crippen LogP contribution in [0.15, 0.2) is 23.2 Å². The van der Waals surface area contributed by atoms with Crippen LogP contribution in [0.5, 0.6) is 5.75 Å². The number of halogens is 2. The predicted octanol–water partition coefficient (Wildman–Crippen LogP) is 5.12. The second-order valence-corrected chi connectivity index (χ2v) is 11.8. The van der Waals surface area contributed by atoms with Gasteiger partial charge in [0.2, 0.25) is 5.96 Å². The first kappa shape index (κ1) is 32.9. The van der Waals surface area contributed by atoms with E-state index in [1.807, 2.05) is 0 Å². The van der Waals surface area contributed by atoms with Crippen LogP contribution in [0.4, 0.5) is 18.8 Å². The smallest absolute Gasteiger partial charge is 0.437 e. The van der Waals surface area contributed by atoms with Crippen molar-refractivity contribution in [2.75, 3.05) is 46.5 Å². The maximum Gasteiger partial charge on any atom is 0.437 e. The first-order chi connectivity index (χ1) is 18.5. The van der Waals surface area contributed by atoms with E-state index in [2.05, 4.69) is 4.99 Å². The fraction of sp³-hybridized carbons (Fsp3) is 0.630. The lowest BCUT2D eigenvalue weighted by molar-refractivity contribution is 0.0314. The number of hydrogen-bond acceptors (Lipinski definition) is 6. The Kier molecular flexibility index (Phi) is 11.4. The number of alkyl halides is 1. The molecule has 1 aromatic carbocycles. The van der Waals surface area contributed by atoms with Gasteiger partial charge in [-0.05, 0) is 72.1 Å². The Labute approximate surface area is 240 Å². The SMILES string of the molecule is CN1CN(C(=NC(=O)OC(C)(C)C)N(CCc2ccc(OCCCCl)c(F)c2)C(=O)OC(C)(C)C)CN(C)C1=O. The van der Waals surface area contributed by atoms with Crippen molar-refractivity contribution >= 4 is 35.8 Å². The van der Waals surface area contributed by atoms with Crippen LogP contribution in [0.1, 0.15) is 53.5 Å². The summed E-state index contributed by atoms with van der Waals surface area (Å²) in [6.45, 7) is 10.6. The van der Waals surface area contributed by atoms with Gasteiger partial charge in [-0.15, -0.1) is 16.6 Å². The molecule has 1 heterocycles. The van der Waals surface area contributed by atoms with Crippen molar-refractivity contribution in [2.45, 2.75) is 65.6 Å². The molecule has 0 N–H and O–H groups in total. The summed E-state index contributed by atoms with van der Waals surface area (Å²) < 4.78 is 31.2. The Hall–Kier alpha value is -3.28. The minimum Gasteiger partial charge on any atom is -0.490 e. The van der Waals surface area contributed by atoms with Crippen molar-refractivity contribution in [1.29, 1.82) is 0 Å². The quantitative estimate of drug-likeness (QED) is 0.189. The number of aliphatic imine (C=N–C) groups is 1. The Morgan fingerprint density at radius 2 is 1.65 bits per heavy atom. The first-order valence-corrected chi connectivity index (χ1v) is 13.5. The summed E-state index contributed by atoms with van der Waals surface area (Å²) in [6, 6.07) is 4.31. The van der Waals surface area contributed by atoms with Crippen LogP contribution in [0.25, 0.3) is 0 Å². The third-order valence-corrected chi connectivity index (χ3v) is 5.56. The van der Waals surface area contributed by atoms with E-state index in [0.29, 0.717) is 17.9 Å². The van der Waals surface area contributed by atoms with Gasteiger partial charge in [0.25, 0.3) is 0 Å². The number of hydrogen-bond donors (Lipinski definition) is 0. The highest BCUT2D eigenvalue weighted by Crippen LogP contribution is 2.21. The third kappa shape index (κ3) is 10.4. The monoisotopic (exact) mass is 585 g/mol. The van der Waals surface area contributed by atoms with Gasteiger partial charge >= 0.3 is 18.2 Å². The largest absolute Gasteiger partial charge is 0.490 e. The molecule has 0 radical (unpaired) electrons. The number of guanidine groups is 1. The van der Waals surface area contributed by atoms with Gasteiger partial charge in [0.15, 0.2) is 11.6 Å². The molecule has 11 nitrogen and oxygen atoms in total. The van der Waals surface area contributed by atoms with E-state index < -0.39 is 29.2 Å². The molecule has 1 aliphatic heterocycles. The highest BCUT2D eigenvalue weighted by atomic mass is 35.5. The number of rotatable bonds is 7. The molecule has 1 aliphatic rings. The Morgan fingerprint density at radius 3 is 2.17 bits per heavy atom. The molecule has 4 amide bonds. The Balaban J connectivity index is 2.44. The van der Waals surface area contributed by atoms with Gasteiger partial charge in [-0.2, -0.15) is 0 Å². The number of benzene rings is 1. The number of carbonyl (C=O) groups is 3. The molecule has 2 rings (SSSR count). The molecule has 0 bridgehead atoms. The molecule has 0 aromatic heterocycles. The molecule has 13 heteroatoms. The van der Waals surface area contributed by atoms with Crippen LogP contribution in [0.3, 0.4) is 0 Å². The molecule has 1 aromatic rings. The van der Waals surface area contributed by atoms with E-state index in [9.17, 15) is 18.8 Å². The number of urea groups is 1. The second kappa shape index (κ2) is 13.9. The minimum atomic E-state index is -0.914. The molecular formula is C27H41ClFN5O6. The van der Waals surface area contributed by atoms with E-state index in [0.717, 1.165) is 0 Å². The van der Waals surface area contributed by atoms with E-state index in [-0.39, 0.29) is 50.7 Å². The standard InChI is InChI=1S/C27H41ClFN5O6/c1-26(2,3)39-23(35)30-22(33-17-31(7)24(36)32(8)18-33)34(25(37)40-27(4,5)6)14-12-19-10-11-21(20(29)16-19)38-15-9-13-28/h10-11,16H,9,12-15,17-18H2,1-8H3. The molecular weight excluding hydrogens is 545 g/mol. The van der Waals surface area contributed by atoms with Crippen molar-refractivity contribution < 1.29 is 33.0 Å². The second-order valence-electron chi connectivity index (χ2n) is 11.4. The highest BCUT2D eigenvalue weighted by molar-refractivity contribution is 6.17. The first-order valence-electron chi connectivity index (χ1n) is 13.0. The van der Waals surface area contributed by atoms with E-state index in [4.69, 9.17) is 25.8 Å². The van der Waals surface area contributed by atoms with Gasteiger partial charge in [-0.3, -0.25) is 0 Å². The predicted molar refractivity (Wildman–Crippen MR) is 150 cm³/mol. The fourth-order valence-electron chi connectivity index (χ4n) is 3.65. The number of nitrogens with zero attached hydrogens (tertiary/aromatic N) is 5. The van der Waals surface area contributed by atoms with Gasteiger partial charge in [0.05, 0.1) is 19.9 Å². The lowest BCUT2D eigenvalue weighted by Crippen LogP contribution is -2.61. The van der Waals surface area contributed by atoms with Gasteiger partial charge in [0, 0.05) is 26.5 Å². The zero-order valence-electron chi connectivity index (χ0n) is 24.6. The number of amides is 4. The molecule has 0 spiro atoms. The summed E-state index contributed by atoms with van der Waals surface area (Å²) in [7, 11) is 3.18. The average molecular weight is 586 g/mol. The molecule has 0 saturated carbocycles. The number of ether oxygens (including phenoxy) is 3. The maximum absolute atomic E-state index is 14.7. The third-order valence-electron chi connectivity index (χ3n) is 5.30. The van der Waals surface area contributed by atoms with Crippen molar-refractivity contribution in [1.82, 2.24) is 19.6 Å². The lowest BCUT2D eigenvalue weighted by atomic mass is 10.1. The van der Waals surface area contributed by atoms with Crippen LogP contribution in [-0.2, 0) is 15.9 Å². The van der Waals surface area contributed by atoms with E-state index in [1.165, 1.54) is 26.8 Å². The summed E-state index contributed by atoms with van der Waals surface area (Å²) in [4.78, 5) is 48.5. The van der Waals surface area contributed by atoms with Crippen molar-refractivity contribution in [3.8, 4) is 5.75 Å². The fourth-order valence-corrected chi connectivity index (χ4v) is 3.76. The Morgan fingerprint density at radius 1 is 1.05 bits per heavy atom.